The number of hydrogen-bond donors (Lipinski definition) is 1. The predicted octanol–water partition coefficient (Wildman–Crippen LogP) is 3.18. The number of methoxy groups -OCH3 is 1. The van der Waals surface area contributed by atoms with E-state index in [9.17, 15) is 0 Å². The lowest BCUT2D eigenvalue weighted by atomic mass is 9.79. The minimum Gasteiger partial charge on any atom is -0.372 e. The Balaban J connectivity index is 2.06. The molecule has 3 rings (SSSR count). The van der Waals surface area contributed by atoms with Crippen molar-refractivity contribution < 1.29 is 4.74 Å². The van der Waals surface area contributed by atoms with E-state index in [0.717, 1.165) is 34.7 Å². The van der Waals surface area contributed by atoms with Crippen molar-refractivity contribution in [2.45, 2.75) is 43.6 Å². The van der Waals surface area contributed by atoms with Gasteiger partial charge in [-0.1, -0.05) is 0 Å². The van der Waals surface area contributed by atoms with Crippen molar-refractivity contribution in [2.75, 3.05) is 19.5 Å². The van der Waals surface area contributed by atoms with Gasteiger partial charge in [0.1, 0.15) is 11.4 Å². The fraction of sp³-hybridized carbons (Fsp3) is 0.692. The van der Waals surface area contributed by atoms with E-state index in [1.165, 1.54) is 19.3 Å². The summed E-state index contributed by atoms with van der Waals surface area (Å²) < 4.78 is 6.70. The Bertz CT molecular complexity index is 464. The van der Waals surface area contributed by atoms with Crippen LogP contribution in [0.4, 0.5) is 5.82 Å². The van der Waals surface area contributed by atoms with E-state index < -0.39 is 0 Å². The van der Waals surface area contributed by atoms with E-state index in [2.05, 4.69) is 26.2 Å². The van der Waals surface area contributed by atoms with Crippen LogP contribution in [0.25, 0.3) is 0 Å². The number of anilines is 1. The molecule has 1 heterocycles. The molecule has 0 spiro atoms. The van der Waals surface area contributed by atoms with Gasteiger partial charge in [-0.05, 0) is 48.0 Å². The molecule has 18 heavy (non-hydrogen) atoms. The highest BCUT2D eigenvalue weighted by Crippen LogP contribution is 2.47. The van der Waals surface area contributed by atoms with Gasteiger partial charge in [0, 0.05) is 20.1 Å². The van der Waals surface area contributed by atoms with Crippen molar-refractivity contribution in [2.24, 2.45) is 0 Å². The fourth-order valence-corrected chi connectivity index (χ4v) is 3.18. The molecule has 0 saturated heterocycles. The predicted molar refractivity (Wildman–Crippen MR) is 73.8 cm³/mol. The lowest BCUT2D eigenvalue weighted by Gasteiger charge is -2.39. The minimum absolute atomic E-state index is 0.240. The standard InChI is InChI=1S/C13H18BrN3O/c1-15-11-9(14)10(8-4-5-8)16-12(17-11)13(18-2)6-3-7-13/h8H,3-7H2,1-2H3,(H,15,16,17). The van der Waals surface area contributed by atoms with Crippen LogP contribution in [0, 0.1) is 0 Å². The first-order chi connectivity index (χ1) is 8.70. The number of rotatable bonds is 4. The quantitative estimate of drug-likeness (QED) is 0.927. The monoisotopic (exact) mass is 311 g/mol. The number of hydrogen-bond acceptors (Lipinski definition) is 4. The summed E-state index contributed by atoms with van der Waals surface area (Å²) in [5, 5.41) is 3.15. The molecule has 1 aromatic rings. The second-order valence-electron chi connectivity index (χ2n) is 5.17. The van der Waals surface area contributed by atoms with Gasteiger partial charge in [-0.3, -0.25) is 0 Å². The molecule has 0 atom stereocenters. The van der Waals surface area contributed by atoms with Crippen LogP contribution in [0.3, 0.4) is 0 Å². The van der Waals surface area contributed by atoms with E-state index >= 15 is 0 Å². The van der Waals surface area contributed by atoms with Gasteiger partial charge in [0.2, 0.25) is 0 Å². The molecule has 5 heteroatoms. The summed E-state index contributed by atoms with van der Waals surface area (Å²) in [6.07, 6.45) is 5.72. The molecule has 4 nitrogen and oxygen atoms in total. The molecular weight excluding hydrogens is 294 g/mol. The number of aromatic nitrogens is 2. The van der Waals surface area contributed by atoms with Crippen molar-refractivity contribution in [3.63, 3.8) is 0 Å². The summed E-state index contributed by atoms with van der Waals surface area (Å²) in [6, 6.07) is 0. The molecule has 0 aromatic carbocycles. The summed E-state index contributed by atoms with van der Waals surface area (Å²) in [6.45, 7) is 0. The van der Waals surface area contributed by atoms with Gasteiger partial charge in [-0.15, -0.1) is 0 Å². The summed E-state index contributed by atoms with van der Waals surface area (Å²) >= 11 is 3.62. The van der Waals surface area contributed by atoms with Gasteiger partial charge in [0.15, 0.2) is 5.82 Å². The molecule has 0 bridgehead atoms. The molecule has 2 fully saturated rings. The largest absolute Gasteiger partial charge is 0.372 e. The topological polar surface area (TPSA) is 47.0 Å². The third-order valence-corrected chi connectivity index (χ3v) is 4.82. The first-order valence-corrected chi connectivity index (χ1v) is 7.30. The Labute approximate surface area is 116 Å². The van der Waals surface area contributed by atoms with Gasteiger partial charge >= 0.3 is 0 Å². The molecule has 2 aliphatic carbocycles. The minimum atomic E-state index is -0.240. The van der Waals surface area contributed by atoms with Gasteiger partial charge in [0.25, 0.3) is 0 Å². The van der Waals surface area contributed by atoms with Crippen molar-refractivity contribution in [3.05, 3.63) is 16.0 Å². The summed E-state index contributed by atoms with van der Waals surface area (Å²) in [5.41, 5.74) is 0.906. The SMILES string of the molecule is CNc1nc(C2(OC)CCC2)nc(C2CC2)c1Br. The second-order valence-corrected chi connectivity index (χ2v) is 5.96. The van der Waals surface area contributed by atoms with Crippen molar-refractivity contribution >= 4 is 21.7 Å². The first kappa shape index (κ1) is 12.4. The van der Waals surface area contributed by atoms with Crippen LogP contribution >= 0.6 is 15.9 Å². The molecule has 1 aromatic heterocycles. The van der Waals surface area contributed by atoms with Gasteiger partial charge < -0.3 is 10.1 Å². The maximum Gasteiger partial charge on any atom is 0.162 e. The lowest BCUT2D eigenvalue weighted by molar-refractivity contribution is -0.0847. The van der Waals surface area contributed by atoms with E-state index in [-0.39, 0.29) is 5.60 Å². The Hall–Kier alpha value is -0.680. The highest BCUT2D eigenvalue weighted by atomic mass is 79.9. The molecular formula is C13H18BrN3O. The van der Waals surface area contributed by atoms with Crippen molar-refractivity contribution in [1.82, 2.24) is 9.97 Å². The fourth-order valence-electron chi connectivity index (χ4n) is 2.48. The molecule has 0 amide bonds. The van der Waals surface area contributed by atoms with E-state index in [4.69, 9.17) is 9.72 Å². The molecule has 98 valence electrons. The van der Waals surface area contributed by atoms with Gasteiger partial charge in [-0.25, -0.2) is 9.97 Å². The smallest absolute Gasteiger partial charge is 0.162 e. The average molecular weight is 312 g/mol. The summed E-state index contributed by atoms with van der Waals surface area (Å²) in [7, 11) is 3.66. The highest BCUT2D eigenvalue weighted by Gasteiger charge is 2.43. The third kappa shape index (κ3) is 1.84. The summed E-state index contributed by atoms with van der Waals surface area (Å²) in [5.74, 6) is 2.33. The molecule has 0 aliphatic heterocycles. The van der Waals surface area contributed by atoms with Crippen LogP contribution in [-0.2, 0) is 10.3 Å². The molecule has 1 N–H and O–H groups in total. The Kier molecular flexibility index (Phi) is 3.06. The Morgan fingerprint density at radius 1 is 1.33 bits per heavy atom. The van der Waals surface area contributed by atoms with E-state index in [0.29, 0.717) is 5.92 Å². The number of halogens is 1. The molecule has 0 radical (unpaired) electrons. The normalized spacial score (nSPS) is 21.5. The number of nitrogens with zero attached hydrogens (tertiary/aromatic N) is 2. The second kappa shape index (κ2) is 4.46. The number of nitrogens with one attached hydrogen (secondary N) is 1. The Morgan fingerprint density at radius 3 is 2.50 bits per heavy atom. The van der Waals surface area contributed by atoms with E-state index in [1.54, 1.807) is 7.11 Å². The van der Waals surface area contributed by atoms with Crippen LogP contribution in [0.1, 0.15) is 49.5 Å². The van der Waals surface area contributed by atoms with Crippen LogP contribution in [0.5, 0.6) is 0 Å². The van der Waals surface area contributed by atoms with Gasteiger partial charge in [-0.2, -0.15) is 0 Å². The van der Waals surface area contributed by atoms with Crippen LogP contribution in [0.2, 0.25) is 0 Å². The first-order valence-electron chi connectivity index (χ1n) is 6.51. The van der Waals surface area contributed by atoms with Crippen LogP contribution in [0.15, 0.2) is 4.47 Å². The zero-order valence-electron chi connectivity index (χ0n) is 10.8. The number of ether oxygens (including phenoxy) is 1. The highest BCUT2D eigenvalue weighted by molar-refractivity contribution is 9.10. The molecule has 2 saturated carbocycles. The van der Waals surface area contributed by atoms with Crippen LogP contribution < -0.4 is 5.32 Å². The maximum atomic E-state index is 5.69. The molecule has 0 unspecified atom stereocenters. The van der Waals surface area contributed by atoms with Gasteiger partial charge in [0.05, 0.1) is 10.2 Å². The van der Waals surface area contributed by atoms with Crippen LogP contribution in [-0.4, -0.2) is 24.1 Å². The zero-order chi connectivity index (χ0) is 12.8. The lowest BCUT2D eigenvalue weighted by Crippen LogP contribution is -2.38. The van der Waals surface area contributed by atoms with E-state index in [1.807, 2.05) is 7.05 Å². The average Bonchev–Trinajstić information content (AvgIpc) is 3.14. The van der Waals surface area contributed by atoms with Crippen molar-refractivity contribution in [1.29, 1.82) is 0 Å². The molecule has 2 aliphatic rings. The Morgan fingerprint density at radius 2 is 2.06 bits per heavy atom. The maximum absolute atomic E-state index is 5.69. The third-order valence-electron chi connectivity index (χ3n) is 4.04. The zero-order valence-corrected chi connectivity index (χ0v) is 12.4. The van der Waals surface area contributed by atoms with Crippen molar-refractivity contribution in [3.8, 4) is 0 Å². The summed E-state index contributed by atoms with van der Waals surface area (Å²) in [4.78, 5) is 9.42.